The molecule has 1 atom stereocenters. The van der Waals surface area contributed by atoms with Crippen molar-refractivity contribution >= 4 is 5.69 Å². The summed E-state index contributed by atoms with van der Waals surface area (Å²) in [6.07, 6.45) is -4.61. The molecule has 1 unspecified atom stereocenters. The molecule has 0 aliphatic carbocycles. The zero-order valence-electron chi connectivity index (χ0n) is 10.1. The minimum Gasteiger partial charge on any atom is -0.368 e. The summed E-state index contributed by atoms with van der Waals surface area (Å²) in [5.74, 6) is -1.92. The van der Waals surface area contributed by atoms with Crippen LogP contribution in [-0.2, 0) is 0 Å². The summed E-state index contributed by atoms with van der Waals surface area (Å²) in [5.41, 5.74) is -0.457. The lowest BCUT2D eigenvalue weighted by Gasteiger charge is -2.23. The van der Waals surface area contributed by atoms with E-state index in [0.717, 1.165) is 12.1 Å². The highest BCUT2D eigenvalue weighted by atomic mass is 19.4. The van der Waals surface area contributed by atoms with Gasteiger partial charge in [-0.2, -0.15) is 13.2 Å². The quantitative estimate of drug-likeness (QED) is 0.808. The number of nitrogens with one attached hydrogen (secondary N) is 1. The number of anilines is 1. The van der Waals surface area contributed by atoms with Crippen LogP contribution in [0.3, 0.4) is 0 Å². The van der Waals surface area contributed by atoms with Crippen LogP contribution in [0.2, 0.25) is 0 Å². The van der Waals surface area contributed by atoms with E-state index in [2.05, 4.69) is 5.32 Å². The first-order chi connectivity index (χ1) is 9.38. The summed E-state index contributed by atoms with van der Waals surface area (Å²) in [5, 5.41) is 2.06. The molecule has 0 aliphatic rings. The molecule has 0 saturated heterocycles. The fraction of sp³-hybridized carbons (Fsp3) is 0.143. The average molecular weight is 287 g/mol. The fourth-order valence-corrected chi connectivity index (χ4v) is 1.76. The van der Waals surface area contributed by atoms with E-state index in [9.17, 15) is 22.0 Å². The number of alkyl halides is 3. The van der Waals surface area contributed by atoms with E-state index in [1.54, 1.807) is 6.07 Å². The first kappa shape index (κ1) is 14.3. The van der Waals surface area contributed by atoms with Crippen LogP contribution in [0.5, 0.6) is 0 Å². The van der Waals surface area contributed by atoms with Gasteiger partial charge in [0.05, 0.1) is 5.69 Å². The standard InChI is InChI=1S/C14H10F5N/c15-10-6-7-12(11(16)8-10)20-13(14(17,18)19)9-4-2-1-3-5-9/h1-8,13,20H. The third-order valence-corrected chi connectivity index (χ3v) is 2.69. The highest BCUT2D eigenvalue weighted by Gasteiger charge is 2.41. The lowest BCUT2D eigenvalue weighted by molar-refractivity contribution is -0.144. The van der Waals surface area contributed by atoms with Crippen LogP contribution >= 0.6 is 0 Å². The summed E-state index contributed by atoms with van der Waals surface area (Å²) in [4.78, 5) is 0. The maximum absolute atomic E-state index is 13.4. The van der Waals surface area contributed by atoms with E-state index < -0.39 is 29.5 Å². The Balaban J connectivity index is 2.34. The van der Waals surface area contributed by atoms with Gasteiger partial charge in [0.1, 0.15) is 17.7 Å². The van der Waals surface area contributed by atoms with Crippen molar-refractivity contribution < 1.29 is 22.0 Å². The Kier molecular flexibility index (Phi) is 3.92. The summed E-state index contributed by atoms with van der Waals surface area (Å²) < 4.78 is 65.3. The van der Waals surface area contributed by atoms with Crippen molar-refractivity contribution in [3.05, 3.63) is 65.7 Å². The second-order valence-electron chi connectivity index (χ2n) is 4.15. The predicted octanol–water partition coefficient (Wildman–Crippen LogP) is 4.68. The van der Waals surface area contributed by atoms with Crippen LogP contribution in [0.25, 0.3) is 0 Å². The Morgan fingerprint density at radius 3 is 2.10 bits per heavy atom. The largest absolute Gasteiger partial charge is 0.412 e. The van der Waals surface area contributed by atoms with Gasteiger partial charge in [-0.15, -0.1) is 0 Å². The van der Waals surface area contributed by atoms with Gasteiger partial charge >= 0.3 is 6.18 Å². The van der Waals surface area contributed by atoms with Crippen molar-refractivity contribution in [2.24, 2.45) is 0 Å². The first-order valence-electron chi connectivity index (χ1n) is 5.71. The van der Waals surface area contributed by atoms with Crippen LogP contribution in [0.1, 0.15) is 11.6 Å². The molecule has 6 heteroatoms. The summed E-state index contributed by atoms with van der Waals surface area (Å²) in [6, 6.07) is 7.35. The molecule has 0 saturated carbocycles. The number of hydrogen-bond donors (Lipinski definition) is 1. The zero-order chi connectivity index (χ0) is 14.8. The third kappa shape index (κ3) is 3.26. The molecule has 0 bridgehead atoms. The molecule has 20 heavy (non-hydrogen) atoms. The highest BCUT2D eigenvalue weighted by Crippen LogP contribution is 2.36. The molecule has 0 fully saturated rings. The number of hydrogen-bond acceptors (Lipinski definition) is 1. The third-order valence-electron chi connectivity index (χ3n) is 2.69. The van der Waals surface area contributed by atoms with Crippen molar-refractivity contribution in [2.45, 2.75) is 12.2 Å². The normalized spacial score (nSPS) is 13.1. The minimum absolute atomic E-state index is 0.0521. The lowest BCUT2D eigenvalue weighted by Crippen LogP contribution is -2.28. The second kappa shape index (κ2) is 5.48. The van der Waals surface area contributed by atoms with Gasteiger partial charge in [-0.25, -0.2) is 8.78 Å². The number of halogens is 5. The van der Waals surface area contributed by atoms with Gasteiger partial charge in [-0.3, -0.25) is 0 Å². The van der Waals surface area contributed by atoms with Gasteiger partial charge in [0, 0.05) is 6.07 Å². The van der Waals surface area contributed by atoms with Crippen LogP contribution in [0.4, 0.5) is 27.6 Å². The van der Waals surface area contributed by atoms with Crippen molar-refractivity contribution in [2.75, 3.05) is 5.32 Å². The van der Waals surface area contributed by atoms with E-state index in [0.29, 0.717) is 6.07 Å². The Morgan fingerprint density at radius 1 is 0.900 bits per heavy atom. The molecular formula is C14H10F5N. The van der Waals surface area contributed by atoms with Gasteiger partial charge in [0.25, 0.3) is 0 Å². The monoisotopic (exact) mass is 287 g/mol. The Hall–Kier alpha value is -2.11. The molecule has 106 valence electrons. The molecule has 1 nitrogen and oxygen atoms in total. The summed E-state index contributed by atoms with van der Waals surface area (Å²) in [7, 11) is 0. The maximum Gasteiger partial charge on any atom is 0.412 e. The van der Waals surface area contributed by atoms with Crippen molar-refractivity contribution in [1.82, 2.24) is 0 Å². The number of rotatable bonds is 3. The minimum atomic E-state index is -4.61. The SMILES string of the molecule is Fc1ccc(NC(c2ccccc2)C(F)(F)F)c(F)c1. The van der Waals surface area contributed by atoms with Gasteiger partial charge in [0.2, 0.25) is 0 Å². The van der Waals surface area contributed by atoms with E-state index in [1.807, 2.05) is 0 Å². The molecule has 0 spiro atoms. The Morgan fingerprint density at radius 2 is 1.55 bits per heavy atom. The van der Waals surface area contributed by atoms with Crippen molar-refractivity contribution in [3.8, 4) is 0 Å². The maximum atomic E-state index is 13.4. The fourth-order valence-electron chi connectivity index (χ4n) is 1.76. The Labute approximate surface area is 112 Å². The average Bonchev–Trinajstić information content (AvgIpc) is 2.37. The summed E-state index contributed by atoms with van der Waals surface area (Å²) >= 11 is 0. The predicted molar refractivity (Wildman–Crippen MR) is 65.2 cm³/mol. The topological polar surface area (TPSA) is 12.0 Å². The van der Waals surface area contributed by atoms with Crippen LogP contribution in [0.15, 0.2) is 48.5 Å². The van der Waals surface area contributed by atoms with E-state index in [4.69, 9.17) is 0 Å². The molecule has 0 amide bonds. The highest BCUT2D eigenvalue weighted by molar-refractivity contribution is 5.47. The molecule has 0 heterocycles. The van der Waals surface area contributed by atoms with Gasteiger partial charge in [0.15, 0.2) is 0 Å². The molecule has 2 aromatic rings. The molecule has 0 radical (unpaired) electrons. The molecule has 1 N–H and O–H groups in total. The van der Waals surface area contributed by atoms with Crippen LogP contribution in [-0.4, -0.2) is 6.18 Å². The van der Waals surface area contributed by atoms with Crippen LogP contribution in [0, 0.1) is 11.6 Å². The van der Waals surface area contributed by atoms with Gasteiger partial charge < -0.3 is 5.32 Å². The molecule has 2 aromatic carbocycles. The van der Waals surface area contributed by atoms with E-state index >= 15 is 0 Å². The van der Waals surface area contributed by atoms with Gasteiger partial charge in [-0.1, -0.05) is 30.3 Å². The smallest absolute Gasteiger partial charge is 0.368 e. The molecule has 2 rings (SSSR count). The van der Waals surface area contributed by atoms with E-state index in [1.165, 1.54) is 24.3 Å². The Bertz CT molecular complexity index is 580. The van der Waals surface area contributed by atoms with E-state index in [-0.39, 0.29) is 5.56 Å². The first-order valence-corrected chi connectivity index (χ1v) is 5.71. The van der Waals surface area contributed by atoms with Crippen molar-refractivity contribution in [3.63, 3.8) is 0 Å². The molecule has 0 aliphatic heterocycles. The summed E-state index contributed by atoms with van der Waals surface area (Å²) in [6.45, 7) is 0. The molecule has 0 aromatic heterocycles. The van der Waals surface area contributed by atoms with Crippen LogP contribution < -0.4 is 5.32 Å². The lowest BCUT2D eigenvalue weighted by atomic mass is 10.1. The van der Waals surface area contributed by atoms with Gasteiger partial charge in [-0.05, 0) is 17.7 Å². The molecular weight excluding hydrogens is 277 g/mol. The number of benzene rings is 2. The zero-order valence-corrected chi connectivity index (χ0v) is 10.1. The van der Waals surface area contributed by atoms with Crippen molar-refractivity contribution in [1.29, 1.82) is 0 Å². The second-order valence-corrected chi connectivity index (χ2v) is 4.15.